The van der Waals surface area contributed by atoms with E-state index in [0.29, 0.717) is 6.61 Å². The molecule has 0 bridgehead atoms. The van der Waals surface area contributed by atoms with Gasteiger partial charge in [-0.2, -0.15) is 11.3 Å². The van der Waals surface area contributed by atoms with Gasteiger partial charge in [-0.15, -0.1) is 0 Å². The van der Waals surface area contributed by atoms with Gasteiger partial charge in [0.25, 0.3) is 5.56 Å². The molecule has 4 heterocycles. The van der Waals surface area contributed by atoms with Crippen molar-refractivity contribution in [2.75, 3.05) is 0 Å². The number of pyridine rings is 2. The second-order valence-corrected chi connectivity index (χ2v) is 5.27. The SMILES string of the molecule is O=c1ccc2c(n1-c1ccsc1)COc1cccnc1-2. The highest BCUT2D eigenvalue weighted by Crippen LogP contribution is 2.35. The third-order valence-corrected chi connectivity index (χ3v) is 4.02. The molecule has 0 N–H and O–H groups in total. The summed E-state index contributed by atoms with van der Waals surface area (Å²) in [7, 11) is 0. The lowest BCUT2D eigenvalue weighted by atomic mass is 10.1. The molecule has 98 valence electrons. The molecule has 0 saturated carbocycles. The molecule has 0 spiro atoms. The minimum Gasteiger partial charge on any atom is -0.485 e. The Balaban J connectivity index is 2.04. The molecule has 3 aromatic heterocycles. The smallest absolute Gasteiger partial charge is 0.255 e. The molecule has 3 aromatic rings. The topological polar surface area (TPSA) is 44.1 Å². The fraction of sp³-hybridized carbons (Fsp3) is 0.0667. The van der Waals surface area contributed by atoms with Crippen LogP contribution in [0.5, 0.6) is 5.75 Å². The lowest BCUT2D eigenvalue weighted by molar-refractivity contribution is 0.292. The number of hydrogen-bond donors (Lipinski definition) is 0. The number of fused-ring (bicyclic) bond motifs is 3. The van der Waals surface area contributed by atoms with Gasteiger partial charge >= 0.3 is 0 Å². The van der Waals surface area contributed by atoms with Gasteiger partial charge in [0, 0.05) is 23.2 Å². The molecule has 4 rings (SSSR count). The van der Waals surface area contributed by atoms with Gasteiger partial charge in [0.1, 0.15) is 18.1 Å². The van der Waals surface area contributed by atoms with Crippen LogP contribution in [-0.4, -0.2) is 9.55 Å². The van der Waals surface area contributed by atoms with Crippen LogP contribution in [0.4, 0.5) is 0 Å². The summed E-state index contributed by atoms with van der Waals surface area (Å²) in [6.45, 7) is 0.375. The molecule has 20 heavy (non-hydrogen) atoms. The maximum Gasteiger partial charge on any atom is 0.255 e. The lowest BCUT2D eigenvalue weighted by Gasteiger charge is -2.22. The van der Waals surface area contributed by atoms with Crippen LogP contribution in [0, 0.1) is 0 Å². The number of ether oxygens (including phenoxy) is 1. The standard InChI is InChI=1S/C15H10N2O2S/c18-14-4-3-11-12(17(14)10-5-7-20-9-10)8-19-13-2-1-6-16-15(11)13/h1-7,9H,8H2. The molecule has 0 unspecified atom stereocenters. The van der Waals surface area contributed by atoms with Gasteiger partial charge in [-0.05, 0) is 29.6 Å². The molecule has 4 nitrogen and oxygen atoms in total. The number of thiophene rings is 1. The van der Waals surface area contributed by atoms with Crippen molar-refractivity contribution in [3.8, 4) is 22.7 Å². The zero-order valence-corrected chi connectivity index (χ0v) is 11.3. The quantitative estimate of drug-likeness (QED) is 0.689. The van der Waals surface area contributed by atoms with E-state index in [2.05, 4.69) is 4.98 Å². The summed E-state index contributed by atoms with van der Waals surface area (Å²) < 4.78 is 7.42. The van der Waals surface area contributed by atoms with Gasteiger partial charge in [0.15, 0.2) is 0 Å². The third-order valence-electron chi connectivity index (χ3n) is 3.35. The molecule has 1 aliphatic heterocycles. The molecule has 0 aliphatic carbocycles. The van der Waals surface area contributed by atoms with E-state index in [0.717, 1.165) is 28.4 Å². The van der Waals surface area contributed by atoms with Crippen molar-refractivity contribution in [3.63, 3.8) is 0 Å². The Hall–Kier alpha value is -2.40. The van der Waals surface area contributed by atoms with E-state index in [-0.39, 0.29) is 5.56 Å². The molecule has 0 saturated heterocycles. The van der Waals surface area contributed by atoms with Crippen molar-refractivity contribution >= 4 is 11.3 Å². The number of nitrogens with zero attached hydrogens (tertiary/aromatic N) is 2. The maximum absolute atomic E-state index is 12.2. The van der Waals surface area contributed by atoms with Crippen molar-refractivity contribution < 1.29 is 4.74 Å². The summed E-state index contributed by atoms with van der Waals surface area (Å²) in [5, 5.41) is 3.91. The normalized spacial score (nSPS) is 12.4. The van der Waals surface area contributed by atoms with Gasteiger partial charge in [-0.3, -0.25) is 14.3 Å². The summed E-state index contributed by atoms with van der Waals surface area (Å²) in [5.74, 6) is 0.760. The Labute approximate surface area is 118 Å². The van der Waals surface area contributed by atoms with Crippen molar-refractivity contribution in [1.29, 1.82) is 0 Å². The average molecular weight is 282 g/mol. The van der Waals surface area contributed by atoms with E-state index in [4.69, 9.17) is 4.74 Å². The van der Waals surface area contributed by atoms with E-state index in [1.54, 1.807) is 28.2 Å². The summed E-state index contributed by atoms with van der Waals surface area (Å²) in [5.41, 5.74) is 3.42. The van der Waals surface area contributed by atoms with E-state index in [1.165, 1.54) is 0 Å². The van der Waals surface area contributed by atoms with Crippen LogP contribution in [0.2, 0.25) is 0 Å². The van der Waals surface area contributed by atoms with Crippen molar-refractivity contribution in [1.82, 2.24) is 9.55 Å². The van der Waals surface area contributed by atoms with Crippen LogP contribution in [0.25, 0.3) is 16.9 Å². The zero-order chi connectivity index (χ0) is 13.5. The van der Waals surface area contributed by atoms with Crippen LogP contribution >= 0.6 is 11.3 Å². The highest BCUT2D eigenvalue weighted by atomic mass is 32.1. The van der Waals surface area contributed by atoms with Crippen LogP contribution in [0.15, 0.2) is 52.1 Å². The highest BCUT2D eigenvalue weighted by Gasteiger charge is 2.22. The first-order valence-electron chi connectivity index (χ1n) is 6.20. The van der Waals surface area contributed by atoms with Gasteiger partial charge in [0.05, 0.1) is 11.4 Å². The molecule has 0 fully saturated rings. The third kappa shape index (κ3) is 1.60. The predicted octanol–water partition coefficient (Wildman–Crippen LogP) is 2.85. The van der Waals surface area contributed by atoms with Gasteiger partial charge in [-0.25, -0.2) is 0 Å². The van der Waals surface area contributed by atoms with Crippen molar-refractivity contribution in [2.45, 2.75) is 6.61 Å². The summed E-state index contributed by atoms with van der Waals surface area (Å²) in [6.07, 6.45) is 1.73. The average Bonchev–Trinajstić information content (AvgIpc) is 3.00. The Morgan fingerprint density at radius 2 is 2.20 bits per heavy atom. The molecule has 0 radical (unpaired) electrons. The van der Waals surface area contributed by atoms with Crippen LogP contribution in [0.1, 0.15) is 5.69 Å². The molecule has 0 aromatic carbocycles. The van der Waals surface area contributed by atoms with Crippen molar-refractivity contribution in [2.24, 2.45) is 0 Å². The first-order chi connectivity index (χ1) is 9.84. The number of hydrogen-bond acceptors (Lipinski definition) is 4. The molecule has 0 atom stereocenters. The first kappa shape index (κ1) is 11.4. The monoisotopic (exact) mass is 282 g/mol. The molecule has 1 aliphatic rings. The fourth-order valence-corrected chi connectivity index (χ4v) is 3.08. The number of aromatic nitrogens is 2. The lowest BCUT2D eigenvalue weighted by Crippen LogP contribution is -2.24. The van der Waals surface area contributed by atoms with Crippen molar-refractivity contribution in [3.05, 3.63) is 63.3 Å². The molecule has 5 heteroatoms. The fourth-order valence-electron chi connectivity index (χ4n) is 2.46. The first-order valence-corrected chi connectivity index (χ1v) is 7.14. The van der Waals surface area contributed by atoms with Gasteiger partial charge in [-0.1, -0.05) is 0 Å². The maximum atomic E-state index is 12.2. The molecule has 0 amide bonds. The molecular weight excluding hydrogens is 272 g/mol. The second-order valence-electron chi connectivity index (χ2n) is 4.49. The van der Waals surface area contributed by atoms with Crippen LogP contribution in [0.3, 0.4) is 0 Å². The largest absolute Gasteiger partial charge is 0.485 e. The van der Waals surface area contributed by atoms with E-state index in [1.807, 2.05) is 35.0 Å². The summed E-state index contributed by atoms with van der Waals surface area (Å²) in [6, 6.07) is 9.08. The minimum atomic E-state index is -0.0508. The van der Waals surface area contributed by atoms with Gasteiger partial charge < -0.3 is 4.74 Å². The predicted molar refractivity (Wildman–Crippen MR) is 77.5 cm³/mol. The number of rotatable bonds is 1. The summed E-state index contributed by atoms with van der Waals surface area (Å²) >= 11 is 1.56. The van der Waals surface area contributed by atoms with E-state index < -0.39 is 0 Å². The Morgan fingerprint density at radius 3 is 3.05 bits per heavy atom. The highest BCUT2D eigenvalue weighted by molar-refractivity contribution is 7.08. The summed E-state index contributed by atoms with van der Waals surface area (Å²) in [4.78, 5) is 16.6. The Morgan fingerprint density at radius 1 is 1.25 bits per heavy atom. The minimum absolute atomic E-state index is 0.0508. The van der Waals surface area contributed by atoms with E-state index >= 15 is 0 Å². The molecular formula is C15H10N2O2S. The van der Waals surface area contributed by atoms with Gasteiger partial charge in [0.2, 0.25) is 0 Å². The Kier molecular flexibility index (Phi) is 2.47. The van der Waals surface area contributed by atoms with Crippen LogP contribution in [-0.2, 0) is 6.61 Å². The zero-order valence-electron chi connectivity index (χ0n) is 10.4. The van der Waals surface area contributed by atoms with E-state index in [9.17, 15) is 4.79 Å². The Bertz CT molecular complexity index is 837. The second kappa shape index (κ2) is 4.31. The van der Waals surface area contributed by atoms with Crippen LogP contribution < -0.4 is 10.3 Å².